The maximum Gasteiger partial charge on any atom is 0.329 e. The third kappa shape index (κ3) is 2.50. The van der Waals surface area contributed by atoms with E-state index < -0.39 is 17.2 Å². The fraction of sp³-hybridized carbons (Fsp3) is 0.136. The Morgan fingerprint density at radius 3 is 2.43 bits per heavy atom. The highest BCUT2D eigenvalue weighted by Gasteiger charge is 2.37. The zero-order chi connectivity index (χ0) is 21.0. The number of methoxy groups -OCH3 is 1. The fourth-order valence-corrected chi connectivity index (χ4v) is 4.10. The lowest BCUT2D eigenvalue weighted by Gasteiger charge is -2.12. The summed E-state index contributed by atoms with van der Waals surface area (Å²) in [6.07, 6.45) is 0. The highest BCUT2D eigenvalue weighted by molar-refractivity contribution is 6.08. The molecular weight excluding hydrogens is 384 g/mol. The summed E-state index contributed by atoms with van der Waals surface area (Å²) >= 11 is 0. The molecule has 0 bridgehead atoms. The number of amides is 1. The van der Waals surface area contributed by atoms with Crippen molar-refractivity contribution in [3.05, 3.63) is 80.5 Å². The zero-order valence-corrected chi connectivity index (χ0v) is 16.3. The maximum absolute atomic E-state index is 13.0. The Labute approximate surface area is 170 Å². The molecule has 1 atom stereocenters. The number of aromatic nitrogens is 3. The molecule has 150 valence electrons. The number of carbonyl (C=O) groups excluding carboxylic acids is 1. The van der Waals surface area contributed by atoms with Crippen molar-refractivity contribution in [1.29, 1.82) is 0 Å². The van der Waals surface area contributed by atoms with Crippen LogP contribution >= 0.6 is 0 Å². The minimum Gasteiger partial charge on any atom is -0.497 e. The molecule has 2 aromatic carbocycles. The molecule has 0 saturated heterocycles. The molecule has 0 saturated carbocycles. The van der Waals surface area contributed by atoms with Gasteiger partial charge in [0.1, 0.15) is 11.4 Å². The molecule has 0 radical (unpaired) electrons. The predicted octanol–water partition coefficient (Wildman–Crippen LogP) is 2.31. The number of para-hydroxylation sites is 1. The van der Waals surface area contributed by atoms with Gasteiger partial charge in [-0.05, 0) is 41.5 Å². The summed E-state index contributed by atoms with van der Waals surface area (Å²) < 4.78 is 6.58. The molecule has 8 nitrogen and oxygen atoms in total. The molecule has 0 aliphatic carbocycles. The van der Waals surface area contributed by atoms with Crippen LogP contribution in [0.4, 0.5) is 5.69 Å². The highest BCUT2D eigenvalue weighted by atomic mass is 16.5. The molecule has 3 N–H and O–H groups in total. The number of nitrogens with one attached hydrogen (secondary N) is 3. The third-order valence-electron chi connectivity index (χ3n) is 5.57. The lowest BCUT2D eigenvalue weighted by molar-refractivity contribution is -0.116. The molecule has 5 rings (SSSR count). The van der Waals surface area contributed by atoms with Crippen LogP contribution in [0.5, 0.6) is 5.75 Å². The van der Waals surface area contributed by atoms with Gasteiger partial charge in [-0.25, -0.2) is 4.79 Å². The minimum absolute atomic E-state index is 0.222. The van der Waals surface area contributed by atoms with Crippen molar-refractivity contribution in [1.82, 2.24) is 14.5 Å². The molecule has 2 aromatic heterocycles. The average molecular weight is 402 g/mol. The summed E-state index contributed by atoms with van der Waals surface area (Å²) in [5.74, 6) is -0.226. The van der Waals surface area contributed by atoms with Gasteiger partial charge in [0.25, 0.3) is 5.56 Å². The van der Waals surface area contributed by atoms with E-state index >= 15 is 0 Å². The number of benzene rings is 2. The summed E-state index contributed by atoms with van der Waals surface area (Å²) in [6, 6.07) is 14.7. The smallest absolute Gasteiger partial charge is 0.329 e. The Hall–Kier alpha value is -4.07. The lowest BCUT2D eigenvalue weighted by atomic mass is 9.89. The zero-order valence-electron chi connectivity index (χ0n) is 16.3. The summed E-state index contributed by atoms with van der Waals surface area (Å²) in [7, 11) is 3.15. The molecule has 3 heterocycles. The summed E-state index contributed by atoms with van der Waals surface area (Å²) in [4.78, 5) is 43.6. The van der Waals surface area contributed by atoms with Crippen LogP contribution in [-0.4, -0.2) is 27.6 Å². The number of hydrogen-bond donors (Lipinski definition) is 3. The summed E-state index contributed by atoms with van der Waals surface area (Å²) in [5, 5.41) is 3.18. The molecule has 0 unspecified atom stereocenters. The van der Waals surface area contributed by atoms with Crippen LogP contribution in [0.3, 0.4) is 0 Å². The third-order valence-corrected chi connectivity index (χ3v) is 5.57. The van der Waals surface area contributed by atoms with Crippen molar-refractivity contribution in [2.45, 2.75) is 5.92 Å². The molecule has 8 heteroatoms. The van der Waals surface area contributed by atoms with Crippen LogP contribution in [0.1, 0.15) is 17.0 Å². The second-order valence-corrected chi connectivity index (χ2v) is 7.19. The summed E-state index contributed by atoms with van der Waals surface area (Å²) in [6.45, 7) is 0. The number of aryl methyl sites for hydroxylation is 1. The van der Waals surface area contributed by atoms with Gasteiger partial charge < -0.3 is 15.0 Å². The van der Waals surface area contributed by atoms with E-state index in [2.05, 4.69) is 15.3 Å². The Bertz CT molecular complexity index is 1430. The van der Waals surface area contributed by atoms with Gasteiger partial charge in [0.2, 0.25) is 5.91 Å². The average Bonchev–Trinajstić information content (AvgIpc) is 3.29. The van der Waals surface area contributed by atoms with Crippen molar-refractivity contribution in [3.63, 3.8) is 0 Å². The molecule has 1 aliphatic heterocycles. The first kappa shape index (κ1) is 18.0. The number of nitrogens with zero attached hydrogens (tertiary/aromatic N) is 1. The number of ether oxygens (including phenoxy) is 1. The van der Waals surface area contributed by atoms with Gasteiger partial charge in [-0.2, -0.15) is 0 Å². The molecule has 0 spiro atoms. The minimum atomic E-state index is -0.689. The van der Waals surface area contributed by atoms with Crippen molar-refractivity contribution in [3.8, 4) is 17.0 Å². The number of anilines is 1. The van der Waals surface area contributed by atoms with Crippen molar-refractivity contribution >= 4 is 22.6 Å². The van der Waals surface area contributed by atoms with E-state index in [4.69, 9.17) is 4.74 Å². The van der Waals surface area contributed by atoms with E-state index in [0.717, 1.165) is 11.1 Å². The van der Waals surface area contributed by atoms with Crippen LogP contribution in [-0.2, 0) is 11.8 Å². The van der Waals surface area contributed by atoms with Gasteiger partial charge in [-0.15, -0.1) is 0 Å². The van der Waals surface area contributed by atoms with Gasteiger partial charge in [0.05, 0.1) is 24.1 Å². The Morgan fingerprint density at radius 1 is 0.967 bits per heavy atom. The monoisotopic (exact) mass is 402 g/mol. The van der Waals surface area contributed by atoms with Gasteiger partial charge >= 0.3 is 5.69 Å². The number of rotatable bonds is 3. The topological polar surface area (TPSA) is 109 Å². The number of fused-ring (bicyclic) bond motifs is 2. The van der Waals surface area contributed by atoms with Crippen LogP contribution in [0.25, 0.3) is 22.3 Å². The van der Waals surface area contributed by atoms with E-state index in [-0.39, 0.29) is 5.91 Å². The second-order valence-electron chi connectivity index (χ2n) is 7.19. The van der Waals surface area contributed by atoms with Crippen LogP contribution < -0.4 is 21.3 Å². The molecule has 1 aliphatic rings. The van der Waals surface area contributed by atoms with E-state index in [1.807, 2.05) is 36.4 Å². The van der Waals surface area contributed by atoms with Crippen LogP contribution in [0, 0.1) is 0 Å². The molecule has 30 heavy (non-hydrogen) atoms. The maximum atomic E-state index is 13.0. The molecular formula is C22H18N4O4. The standard InChI is InChI=1S/C22H18N4O4/c1-26-19-17(21(28)25-22(26)29)16(15-13-5-3-4-6-14(13)23-20(15)27)18(24-19)11-7-9-12(30-2)10-8-11/h3-10,15,24H,1-2H3,(H,23,27)(H,25,28,29)/t15-/m0/s1. The van der Waals surface area contributed by atoms with E-state index in [1.165, 1.54) is 4.57 Å². The van der Waals surface area contributed by atoms with Gasteiger partial charge in [-0.3, -0.25) is 19.1 Å². The first-order chi connectivity index (χ1) is 14.5. The van der Waals surface area contributed by atoms with Crippen LogP contribution in [0.2, 0.25) is 0 Å². The van der Waals surface area contributed by atoms with Crippen molar-refractivity contribution in [2.24, 2.45) is 7.05 Å². The van der Waals surface area contributed by atoms with E-state index in [0.29, 0.717) is 33.7 Å². The SMILES string of the molecule is COc1ccc(-c2[nH]c3c(c2[C@H]2C(=O)Nc4ccccc42)c(=O)[nH]c(=O)n3C)cc1. The van der Waals surface area contributed by atoms with Gasteiger partial charge in [0.15, 0.2) is 0 Å². The van der Waals surface area contributed by atoms with E-state index in [1.54, 1.807) is 26.3 Å². The van der Waals surface area contributed by atoms with Crippen molar-refractivity contribution in [2.75, 3.05) is 12.4 Å². The second kappa shape index (κ2) is 6.48. The Balaban J connectivity index is 1.88. The highest BCUT2D eigenvalue weighted by Crippen LogP contribution is 2.43. The molecule has 4 aromatic rings. The quantitative estimate of drug-likeness (QED) is 0.489. The van der Waals surface area contributed by atoms with Crippen molar-refractivity contribution < 1.29 is 9.53 Å². The fourth-order valence-electron chi connectivity index (χ4n) is 4.10. The largest absolute Gasteiger partial charge is 0.497 e. The van der Waals surface area contributed by atoms with Crippen LogP contribution in [0.15, 0.2) is 58.1 Å². The van der Waals surface area contributed by atoms with E-state index in [9.17, 15) is 14.4 Å². The number of H-pyrrole nitrogens is 2. The first-order valence-electron chi connectivity index (χ1n) is 9.38. The summed E-state index contributed by atoms with van der Waals surface area (Å²) in [5.41, 5.74) is 2.71. The van der Waals surface area contributed by atoms with Gasteiger partial charge in [-0.1, -0.05) is 18.2 Å². The molecule has 1 amide bonds. The first-order valence-corrected chi connectivity index (χ1v) is 9.38. The normalized spacial score (nSPS) is 15.3. The lowest BCUT2D eigenvalue weighted by Crippen LogP contribution is -2.28. The Kier molecular flexibility index (Phi) is 3.89. The Morgan fingerprint density at radius 2 is 1.70 bits per heavy atom. The number of hydrogen-bond acceptors (Lipinski definition) is 4. The number of aromatic amines is 2. The predicted molar refractivity (Wildman–Crippen MR) is 113 cm³/mol. The number of carbonyl (C=O) groups is 1. The van der Waals surface area contributed by atoms with Gasteiger partial charge in [0, 0.05) is 18.3 Å². The molecule has 0 fully saturated rings.